The van der Waals surface area contributed by atoms with Crippen LogP contribution in [0.25, 0.3) is 0 Å². The molecule has 23 heavy (non-hydrogen) atoms. The van der Waals surface area contributed by atoms with Crippen molar-refractivity contribution in [3.8, 4) is 0 Å². The van der Waals surface area contributed by atoms with Gasteiger partial charge >= 0.3 is 0 Å². The molecule has 4 nitrogen and oxygen atoms in total. The molecule has 1 aliphatic rings. The topological polar surface area (TPSA) is 58.4 Å². The van der Waals surface area contributed by atoms with Crippen LogP contribution in [-0.4, -0.2) is 37.0 Å². The highest BCUT2D eigenvalue weighted by molar-refractivity contribution is 5.82. The van der Waals surface area contributed by atoms with Gasteiger partial charge in [-0.1, -0.05) is 49.1 Å². The molecule has 1 amide bonds. The number of hydrogen-bond donors (Lipinski definition) is 2. The van der Waals surface area contributed by atoms with Crippen molar-refractivity contribution >= 4 is 5.91 Å². The van der Waals surface area contributed by atoms with Gasteiger partial charge in [-0.05, 0) is 45.3 Å². The van der Waals surface area contributed by atoms with E-state index >= 15 is 0 Å². The molecule has 0 bridgehead atoms. The van der Waals surface area contributed by atoms with Crippen LogP contribution in [0, 0.1) is 6.92 Å². The fraction of sp³-hybridized carbons (Fsp3) is 0.632. The van der Waals surface area contributed by atoms with Crippen molar-refractivity contribution < 1.29 is 4.79 Å². The average molecular weight is 317 g/mol. The number of amides is 1. The summed E-state index contributed by atoms with van der Waals surface area (Å²) < 4.78 is 0. The highest BCUT2D eigenvalue weighted by Crippen LogP contribution is 2.21. The number of rotatable bonds is 7. The van der Waals surface area contributed by atoms with E-state index in [4.69, 9.17) is 5.73 Å². The normalized spacial score (nSPS) is 17.2. The lowest BCUT2D eigenvalue weighted by Gasteiger charge is -2.31. The van der Waals surface area contributed by atoms with Crippen LogP contribution in [0.1, 0.15) is 55.7 Å². The van der Waals surface area contributed by atoms with Gasteiger partial charge in [0.15, 0.2) is 0 Å². The lowest BCUT2D eigenvalue weighted by molar-refractivity contribution is -0.122. The van der Waals surface area contributed by atoms with Gasteiger partial charge in [-0.25, -0.2) is 0 Å². The Labute approximate surface area is 140 Å². The van der Waals surface area contributed by atoms with Crippen molar-refractivity contribution in [2.75, 3.05) is 20.1 Å². The van der Waals surface area contributed by atoms with Crippen molar-refractivity contribution in [3.05, 3.63) is 35.4 Å². The Bertz CT molecular complexity index is 480. The molecule has 1 fully saturated rings. The summed E-state index contributed by atoms with van der Waals surface area (Å²) in [6.45, 7) is 3.75. The number of carbonyl (C=O) groups is 1. The highest BCUT2D eigenvalue weighted by Gasteiger charge is 2.18. The van der Waals surface area contributed by atoms with Crippen LogP contribution in [0.4, 0.5) is 0 Å². The van der Waals surface area contributed by atoms with Crippen LogP contribution in [0.5, 0.6) is 0 Å². The van der Waals surface area contributed by atoms with Crippen molar-refractivity contribution in [2.45, 2.75) is 57.5 Å². The average Bonchev–Trinajstić information content (AvgIpc) is 2.59. The predicted molar refractivity (Wildman–Crippen MR) is 95.2 cm³/mol. The molecule has 1 unspecified atom stereocenters. The minimum absolute atomic E-state index is 0.0887. The zero-order chi connectivity index (χ0) is 16.7. The van der Waals surface area contributed by atoms with Crippen molar-refractivity contribution in [1.82, 2.24) is 10.2 Å². The van der Waals surface area contributed by atoms with Gasteiger partial charge in [0.2, 0.25) is 5.91 Å². The monoisotopic (exact) mass is 317 g/mol. The first-order valence-corrected chi connectivity index (χ1v) is 8.88. The van der Waals surface area contributed by atoms with Gasteiger partial charge in [-0.2, -0.15) is 0 Å². The Balaban J connectivity index is 1.66. The maximum absolute atomic E-state index is 12.1. The summed E-state index contributed by atoms with van der Waals surface area (Å²) in [5, 5.41) is 2.96. The molecule has 1 atom stereocenters. The van der Waals surface area contributed by atoms with Crippen LogP contribution < -0.4 is 11.1 Å². The fourth-order valence-corrected chi connectivity index (χ4v) is 3.28. The van der Waals surface area contributed by atoms with E-state index in [0.29, 0.717) is 6.54 Å². The van der Waals surface area contributed by atoms with E-state index in [2.05, 4.69) is 17.3 Å². The zero-order valence-electron chi connectivity index (χ0n) is 14.6. The summed E-state index contributed by atoms with van der Waals surface area (Å²) >= 11 is 0. The van der Waals surface area contributed by atoms with Crippen molar-refractivity contribution in [2.24, 2.45) is 5.73 Å². The number of nitrogens with zero attached hydrogens (tertiary/aromatic N) is 1. The van der Waals surface area contributed by atoms with Gasteiger partial charge in [0.05, 0.1) is 0 Å². The van der Waals surface area contributed by atoms with E-state index in [-0.39, 0.29) is 5.91 Å². The van der Waals surface area contributed by atoms with E-state index in [9.17, 15) is 4.79 Å². The molecule has 3 N–H and O–H groups in total. The molecule has 0 heterocycles. The Morgan fingerprint density at radius 1 is 1.26 bits per heavy atom. The second kappa shape index (κ2) is 9.04. The second-order valence-electron chi connectivity index (χ2n) is 6.81. The van der Waals surface area contributed by atoms with E-state index in [0.717, 1.165) is 24.6 Å². The van der Waals surface area contributed by atoms with Gasteiger partial charge in [0.1, 0.15) is 6.04 Å². The first-order chi connectivity index (χ1) is 11.1. The molecule has 1 aliphatic carbocycles. The SMILES string of the molecule is Cc1ccc(C(N)C(=O)NCCCN(C)C2CCCCC2)cc1. The molecule has 0 radical (unpaired) electrons. The third kappa shape index (κ3) is 5.63. The molecular formula is C19H31N3O. The maximum Gasteiger partial charge on any atom is 0.241 e. The molecule has 4 heteroatoms. The first-order valence-electron chi connectivity index (χ1n) is 8.88. The van der Waals surface area contributed by atoms with E-state index in [1.165, 1.54) is 37.7 Å². The van der Waals surface area contributed by atoms with Crippen LogP contribution >= 0.6 is 0 Å². The summed E-state index contributed by atoms with van der Waals surface area (Å²) in [5.41, 5.74) is 8.07. The molecule has 1 aromatic carbocycles. The van der Waals surface area contributed by atoms with Gasteiger partial charge in [0.25, 0.3) is 0 Å². The number of nitrogens with two attached hydrogens (primary N) is 1. The van der Waals surface area contributed by atoms with Gasteiger partial charge in [-0.3, -0.25) is 4.79 Å². The third-order valence-corrected chi connectivity index (χ3v) is 4.90. The second-order valence-corrected chi connectivity index (χ2v) is 6.81. The van der Waals surface area contributed by atoms with Crippen molar-refractivity contribution in [1.29, 1.82) is 0 Å². The number of nitrogens with one attached hydrogen (secondary N) is 1. The van der Waals surface area contributed by atoms with Crippen LogP contribution in [0.3, 0.4) is 0 Å². The quantitative estimate of drug-likeness (QED) is 0.760. The molecule has 0 spiro atoms. The lowest BCUT2D eigenvalue weighted by Crippen LogP contribution is -2.38. The summed E-state index contributed by atoms with van der Waals surface area (Å²) in [6.07, 6.45) is 7.72. The third-order valence-electron chi connectivity index (χ3n) is 4.90. The largest absolute Gasteiger partial charge is 0.354 e. The molecule has 2 rings (SSSR count). The Hall–Kier alpha value is -1.39. The predicted octanol–water partition coefficient (Wildman–Crippen LogP) is 2.77. The standard InChI is InChI=1S/C19H31N3O/c1-15-9-11-16(12-10-15)18(20)19(23)21-13-6-14-22(2)17-7-4-3-5-8-17/h9-12,17-18H,3-8,13-14,20H2,1-2H3,(H,21,23). The van der Waals surface area contributed by atoms with E-state index in [1.54, 1.807) is 0 Å². The summed E-state index contributed by atoms with van der Waals surface area (Å²) in [7, 11) is 2.20. The van der Waals surface area contributed by atoms with Gasteiger partial charge in [0, 0.05) is 12.6 Å². The maximum atomic E-state index is 12.1. The Morgan fingerprint density at radius 3 is 2.57 bits per heavy atom. The van der Waals surface area contributed by atoms with Crippen molar-refractivity contribution in [3.63, 3.8) is 0 Å². The minimum atomic E-state index is -0.577. The molecular weight excluding hydrogens is 286 g/mol. The number of hydrogen-bond acceptors (Lipinski definition) is 3. The molecule has 0 saturated heterocycles. The summed E-state index contributed by atoms with van der Waals surface area (Å²) in [5.74, 6) is -0.0887. The van der Waals surface area contributed by atoms with Crippen LogP contribution in [-0.2, 0) is 4.79 Å². The molecule has 1 saturated carbocycles. The van der Waals surface area contributed by atoms with Crippen LogP contribution in [0.2, 0.25) is 0 Å². The summed E-state index contributed by atoms with van der Waals surface area (Å²) in [6, 6.07) is 7.98. The zero-order valence-corrected chi connectivity index (χ0v) is 14.6. The van der Waals surface area contributed by atoms with Crippen LogP contribution in [0.15, 0.2) is 24.3 Å². The molecule has 1 aromatic rings. The summed E-state index contributed by atoms with van der Waals surface area (Å²) in [4.78, 5) is 14.6. The first kappa shape index (κ1) is 18.0. The molecule has 0 aromatic heterocycles. The number of carbonyl (C=O) groups excluding carboxylic acids is 1. The smallest absolute Gasteiger partial charge is 0.241 e. The molecule has 0 aliphatic heterocycles. The lowest BCUT2D eigenvalue weighted by atomic mass is 9.94. The van der Waals surface area contributed by atoms with Gasteiger partial charge in [-0.15, -0.1) is 0 Å². The highest BCUT2D eigenvalue weighted by atomic mass is 16.2. The fourth-order valence-electron chi connectivity index (χ4n) is 3.28. The number of aryl methyl sites for hydroxylation is 1. The Morgan fingerprint density at radius 2 is 1.91 bits per heavy atom. The Kier molecular flexibility index (Phi) is 7.06. The van der Waals surface area contributed by atoms with Gasteiger partial charge < -0.3 is 16.0 Å². The molecule has 128 valence electrons. The number of benzene rings is 1. The van der Waals surface area contributed by atoms with E-state index in [1.807, 2.05) is 31.2 Å². The minimum Gasteiger partial charge on any atom is -0.354 e. The van der Waals surface area contributed by atoms with E-state index < -0.39 is 6.04 Å².